The normalized spacial score (nSPS) is 10.7. The van der Waals surface area contributed by atoms with Gasteiger partial charge in [0.05, 0.1) is 24.1 Å². The minimum absolute atomic E-state index is 0.384. The molecule has 0 saturated heterocycles. The van der Waals surface area contributed by atoms with E-state index in [0.717, 1.165) is 11.4 Å². The second kappa shape index (κ2) is 4.74. The maximum absolute atomic E-state index is 4.25. The van der Waals surface area contributed by atoms with Crippen molar-refractivity contribution in [2.45, 2.75) is 26.4 Å². The maximum Gasteiger partial charge on any atom is 0.115 e. The predicted molar refractivity (Wildman–Crippen MR) is 62.0 cm³/mol. The molecule has 2 heterocycles. The Labute approximate surface area is 94.5 Å². The van der Waals surface area contributed by atoms with Crippen LogP contribution < -0.4 is 5.32 Å². The highest BCUT2D eigenvalue weighted by Gasteiger charge is 2.01. The van der Waals surface area contributed by atoms with Crippen molar-refractivity contribution >= 4 is 5.69 Å². The first-order valence-corrected chi connectivity index (χ1v) is 5.28. The smallest absolute Gasteiger partial charge is 0.115 e. The van der Waals surface area contributed by atoms with Crippen LogP contribution in [0.25, 0.3) is 0 Å². The summed E-state index contributed by atoms with van der Waals surface area (Å²) in [4.78, 5) is 8.01. The van der Waals surface area contributed by atoms with Gasteiger partial charge in [0.15, 0.2) is 0 Å². The summed E-state index contributed by atoms with van der Waals surface area (Å²) >= 11 is 0. The molecule has 84 valence electrons. The van der Waals surface area contributed by atoms with Gasteiger partial charge in [0.1, 0.15) is 6.33 Å². The van der Waals surface area contributed by atoms with Gasteiger partial charge < -0.3 is 5.32 Å². The average Bonchev–Trinajstić information content (AvgIpc) is 2.76. The number of rotatable bonds is 4. The summed E-state index contributed by atoms with van der Waals surface area (Å²) in [6, 6.07) is 2.27. The Bertz CT molecular complexity index is 435. The fourth-order valence-corrected chi connectivity index (χ4v) is 1.33. The Kier molecular flexibility index (Phi) is 3.14. The minimum Gasteiger partial charge on any atom is -0.377 e. The molecule has 0 aromatic carbocycles. The van der Waals surface area contributed by atoms with E-state index in [1.165, 1.54) is 0 Å². The van der Waals surface area contributed by atoms with Crippen LogP contribution in [0.5, 0.6) is 0 Å². The largest absolute Gasteiger partial charge is 0.377 e. The van der Waals surface area contributed by atoms with Crippen LogP contribution in [-0.4, -0.2) is 19.7 Å². The minimum atomic E-state index is 0.384. The summed E-state index contributed by atoms with van der Waals surface area (Å²) in [5, 5.41) is 7.51. The number of hydrogen-bond acceptors (Lipinski definition) is 4. The van der Waals surface area contributed by atoms with Crippen molar-refractivity contribution in [2.24, 2.45) is 0 Å². The molecule has 1 N–H and O–H groups in total. The molecule has 0 fully saturated rings. The summed E-state index contributed by atoms with van der Waals surface area (Å²) < 4.78 is 1.92. The molecule has 0 aliphatic rings. The molecular formula is C11H15N5. The van der Waals surface area contributed by atoms with Gasteiger partial charge in [0.2, 0.25) is 0 Å². The van der Waals surface area contributed by atoms with E-state index in [2.05, 4.69) is 34.2 Å². The predicted octanol–water partition coefficient (Wildman–Crippen LogP) is 1.87. The van der Waals surface area contributed by atoms with Gasteiger partial charge in [-0.15, -0.1) is 0 Å². The summed E-state index contributed by atoms with van der Waals surface area (Å²) in [7, 11) is 0. The van der Waals surface area contributed by atoms with Crippen LogP contribution in [-0.2, 0) is 6.54 Å². The number of anilines is 1. The molecule has 2 aromatic rings. The lowest BCUT2D eigenvalue weighted by Gasteiger charge is -2.04. The molecule has 16 heavy (non-hydrogen) atoms. The van der Waals surface area contributed by atoms with E-state index in [4.69, 9.17) is 0 Å². The van der Waals surface area contributed by atoms with E-state index in [0.29, 0.717) is 12.6 Å². The molecule has 5 heteroatoms. The van der Waals surface area contributed by atoms with Gasteiger partial charge in [-0.3, -0.25) is 4.68 Å². The van der Waals surface area contributed by atoms with Gasteiger partial charge >= 0.3 is 0 Å². The first kappa shape index (κ1) is 10.6. The molecule has 0 radical (unpaired) electrons. The Hall–Kier alpha value is -1.91. The highest BCUT2D eigenvalue weighted by molar-refractivity contribution is 5.38. The van der Waals surface area contributed by atoms with Crippen molar-refractivity contribution in [2.75, 3.05) is 5.32 Å². The van der Waals surface area contributed by atoms with Crippen molar-refractivity contribution in [3.05, 3.63) is 36.7 Å². The second-order valence-corrected chi connectivity index (χ2v) is 3.86. The lowest BCUT2D eigenvalue weighted by Crippen LogP contribution is -2.02. The maximum atomic E-state index is 4.25. The standard InChI is InChI=1S/C11H15N5/c1-9(2)16-7-11(6-15-16)13-5-10-3-4-12-8-14-10/h3-4,6-9,13H,5H2,1-2H3. The van der Waals surface area contributed by atoms with Gasteiger partial charge in [-0.2, -0.15) is 5.10 Å². The summed E-state index contributed by atoms with van der Waals surface area (Å²) in [5.74, 6) is 0. The van der Waals surface area contributed by atoms with E-state index in [9.17, 15) is 0 Å². The van der Waals surface area contributed by atoms with Crippen molar-refractivity contribution in [1.82, 2.24) is 19.7 Å². The molecule has 0 aliphatic heterocycles. The monoisotopic (exact) mass is 217 g/mol. The van der Waals surface area contributed by atoms with Crippen LogP contribution in [0.4, 0.5) is 5.69 Å². The number of nitrogens with zero attached hydrogens (tertiary/aromatic N) is 4. The summed E-state index contributed by atoms with van der Waals surface area (Å²) in [6.45, 7) is 4.88. The summed E-state index contributed by atoms with van der Waals surface area (Å²) in [6.07, 6.45) is 7.10. The molecular weight excluding hydrogens is 202 g/mol. The van der Waals surface area contributed by atoms with E-state index in [1.807, 2.05) is 23.1 Å². The quantitative estimate of drug-likeness (QED) is 0.849. The van der Waals surface area contributed by atoms with Crippen LogP contribution in [0.3, 0.4) is 0 Å². The van der Waals surface area contributed by atoms with Gasteiger partial charge in [-0.05, 0) is 19.9 Å². The fourth-order valence-electron chi connectivity index (χ4n) is 1.33. The van der Waals surface area contributed by atoms with Crippen LogP contribution in [0.1, 0.15) is 25.6 Å². The molecule has 0 saturated carbocycles. The SMILES string of the molecule is CC(C)n1cc(NCc2ccncn2)cn1. The van der Waals surface area contributed by atoms with Crippen LogP contribution in [0, 0.1) is 0 Å². The molecule has 0 bridgehead atoms. The van der Waals surface area contributed by atoms with E-state index < -0.39 is 0 Å². The molecule has 0 amide bonds. The first-order chi connectivity index (χ1) is 7.75. The van der Waals surface area contributed by atoms with Crippen LogP contribution >= 0.6 is 0 Å². The Balaban J connectivity index is 1.95. The molecule has 2 rings (SSSR count). The average molecular weight is 217 g/mol. The Morgan fingerprint density at radius 2 is 2.31 bits per heavy atom. The van der Waals surface area contributed by atoms with Crippen molar-refractivity contribution in [3.63, 3.8) is 0 Å². The van der Waals surface area contributed by atoms with Gasteiger partial charge in [0.25, 0.3) is 0 Å². The van der Waals surface area contributed by atoms with Crippen LogP contribution in [0.2, 0.25) is 0 Å². The van der Waals surface area contributed by atoms with Gasteiger partial charge in [0, 0.05) is 18.4 Å². The van der Waals surface area contributed by atoms with E-state index >= 15 is 0 Å². The van der Waals surface area contributed by atoms with Gasteiger partial charge in [-0.1, -0.05) is 0 Å². The first-order valence-electron chi connectivity index (χ1n) is 5.28. The zero-order valence-electron chi connectivity index (χ0n) is 9.46. The number of nitrogens with one attached hydrogen (secondary N) is 1. The molecule has 0 unspecified atom stereocenters. The zero-order chi connectivity index (χ0) is 11.4. The van der Waals surface area contributed by atoms with Crippen LogP contribution in [0.15, 0.2) is 31.0 Å². The van der Waals surface area contributed by atoms with Crippen molar-refractivity contribution < 1.29 is 0 Å². The number of aromatic nitrogens is 4. The molecule has 2 aromatic heterocycles. The van der Waals surface area contributed by atoms with E-state index in [1.54, 1.807) is 12.5 Å². The topological polar surface area (TPSA) is 55.6 Å². The third-order valence-corrected chi connectivity index (χ3v) is 2.25. The third-order valence-electron chi connectivity index (χ3n) is 2.25. The van der Waals surface area contributed by atoms with Crippen molar-refractivity contribution in [1.29, 1.82) is 0 Å². The lowest BCUT2D eigenvalue weighted by molar-refractivity contribution is 0.532. The highest BCUT2D eigenvalue weighted by atomic mass is 15.3. The molecule has 5 nitrogen and oxygen atoms in total. The fraction of sp³-hybridized carbons (Fsp3) is 0.364. The molecule has 0 spiro atoms. The second-order valence-electron chi connectivity index (χ2n) is 3.86. The lowest BCUT2D eigenvalue weighted by atomic mass is 10.4. The Morgan fingerprint density at radius 1 is 1.44 bits per heavy atom. The van der Waals surface area contributed by atoms with Crippen molar-refractivity contribution in [3.8, 4) is 0 Å². The highest BCUT2D eigenvalue weighted by Crippen LogP contribution is 2.10. The molecule has 0 atom stereocenters. The summed E-state index contributed by atoms with van der Waals surface area (Å²) in [5.41, 5.74) is 1.97. The third kappa shape index (κ3) is 2.56. The zero-order valence-corrected chi connectivity index (χ0v) is 9.46. The molecule has 0 aliphatic carbocycles. The number of hydrogen-bond donors (Lipinski definition) is 1. The van der Waals surface area contributed by atoms with Gasteiger partial charge in [-0.25, -0.2) is 9.97 Å². The Morgan fingerprint density at radius 3 is 2.94 bits per heavy atom. The van der Waals surface area contributed by atoms with E-state index in [-0.39, 0.29) is 0 Å².